The van der Waals surface area contributed by atoms with Crippen molar-refractivity contribution >= 4 is 11.9 Å². The molecule has 0 fully saturated rings. The van der Waals surface area contributed by atoms with Gasteiger partial charge in [0.2, 0.25) is 0 Å². The van der Waals surface area contributed by atoms with E-state index in [4.69, 9.17) is 9.84 Å². The van der Waals surface area contributed by atoms with Crippen LogP contribution >= 0.6 is 0 Å². The molecule has 96 valence electrons. The van der Waals surface area contributed by atoms with Crippen LogP contribution in [0.15, 0.2) is 29.3 Å². The Bertz CT molecular complexity index is 470. The molecule has 1 aromatic rings. The van der Waals surface area contributed by atoms with Crippen molar-refractivity contribution in [3.05, 3.63) is 29.8 Å². The lowest BCUT2D eigenvalue weighted by Crippen LogP contribution is -2.10. The number of rotatable bonds is 5. The van der Waals surface area contributed by atoms with Crippen molar-refractivity contribution in [2.45, 2.75) is 25.3 Å². The summed E-state index contributed by atoms with van der Waals surface area (Å²) in [5.41, 5.74) is 0.828. The van der Waals surface area contributed by atoms with Crippen LogP contribution < -0.4 is 0 Å². The summed E-state index contributed by atoms with van der Waals surface area (Å²) in [5, 5.41) is 18.2. The third kappa shape index (κ3) is 3.23. The van der Waals surface area contributed by atoms with Crippen molar-refractivity contribution in [1.82, 2.24) is 0 Å². The first kappa shape index (κ1) is 12.4. The molecule has 0 bridgehead atoms. The molecule has 5 nitrogen and oxygen atoms in total. The number of phenolic OH excluding ortho intramolecular Hbond substituents is 1. The molecule has 5 heteroatoms. The Balaban J connectivity index is 1.92. The van der Waals surface area contributed by atoms with Crippen LogP contribution in [0, 0.1) is 0 Å². The van der Waals surface area contributed by atoms with Gasteiger partial charge in [-0.2, -0.15) is 0 Å². The summed E-state index contributed by atoms with van der Waals surface area (Å²) in [6.45, 7) is 0.448. The van der Waals surface area contributed by atoms with E-state index < -0.39 is 5.97 Å². The van der Waals surface area contributed by atoms with E-state index in [1.165, 1.54) is 0 Å². The molecule has 1 aromatic carbocycles. The maximum absolute atomic E-state index is 10.4. The first-order chi connectivity index (χ1) is 8.65. The summed E-state index contributed by atoms with van der Waals surface area (Å²) in [6.07, 6.45) is 0.956. The highest BCUT2D eigenvalue weighted by atomic mass is 16.5. The zero-order valence-electron chi connectivity index (χ0n) is 9.87. The molecular formula is C13H15NO4. The van der Waals surface area contributed by atoms with Gasteiger partial charge >= 0.3 is 5.97 Å². The van der Waals surface area contributed by atoms with Crippen molar-refractivity contribution in [1.29, 1.82) is 0 Å². The lowest BCUT2D eigenvalue weighted by atomic mass is 10.1. The molecule has 1 aliphatic heterocycles. The lowest BCUT2D eigenvalue weighted by Gasteiger charge is -2.06. The predicted octanol–water partition coefficient (Wildman–Crippen LogP) is 1.60. The number of aromatic hydroxyl groups is 1. The summed E-state index contributed by atoms with van der Waals surface area (Å²) >= 11 is 0. The zero-order valence-corrected chi connectivity index (χ0v) is 9.87. The Kier molecular flexibility index (Phi) is 3.82. The molecule has 0 aliphatic carbocycles. The smallest absolute Gasteiger partial charge is 0.303 e. The van der Waals surface area contributed by atoms with Crippen molar-refractivity contribution in [3.63, 3.8) is 0 Å². The third-order valence-electron chi connectivity index (χ3n) is 2.77. The maximum atomic E-state index is 10.4. The molecule has 1 unspecified atom stereocenters. The van der Waals surface area contributed by atoms with E-state index in [2.05, 4.69) is 4.99 Å². The van der Waals surface area contributed by atoms with Gasteiger partial charge in [0.1, 0.15) is 12.4 Å². The van der Waals surface area contributed by atoms with Gasteiger partial charge in [-0.3, -0.25) is 4.79 Å². The van der Waals surface area contributed by atoms with E-state index in [1.807, 2.05) is 12.1 Å². The molecule has 0 amide bonds. The van der Waals surface area contributed by atoms with Gasteiger partial charge in [-0.1, -0.05) is 18.2 Å². The Morgan fingerprint density at radius 2 is 2.22 bits per heavy atom. The van der Waals surface area contributed by atoms with Crippen molar-refractivity contribution < 1.29 is 19.7 Å². The number of phenols is 1. The Morgan fingerprint density at radius 1 is 1.44 bits per heavy atom. The van der Waals surface area contributed by atoms with Crippen molar-refractivity contribution in [2.24, 2.45) is 4.99 Å². The Hall–Kier alpha value is -2.04. The second-order valence-electron chi connectivity index (χ2n) is 4.21. The van der Waals surface area contributed by atoms with Gasteiger partial charge in [0, 0.05) is 12.8 Å². The molecule has 1 atom stereocenters. The molecule has 0 saturated heterocycles. The molecule has 0 radical (unpaired) electrons. The Labute approximate surface area is 105 Å². The number of carbonyl (C=O) groups is 1. The van der Waals surface area contributed by atoms with E-state index in [1.54, 1.807) is 12.1 Å². The minimum atomic E-state index is -0.856. The number of ether oxygens (including phenoxy) is 1. The number of benzene rings is 1. The molecular weight excluding hydrogens is 234 g/mol. The topological polar surface area (TPSA) is 79.1 Å². The summed E-state index contributed by atoms with van der Waals surface area (Å²) in [7, 11) is 0. The molecule has 2 N–H and O–H groups in total. The monoisotopic (exact) mass is 249 g/mol. The van der Waals surface area contributed by atoms with Crippen LogP contribution in [0.5, 0.6) is 5.75 Å². The number of aliphatic imine (C=N–C) groups is 1. The maximum Gasteiger partial charge on any atom is 0.303 e. The van der Waals surface area contributed by atoms with Crippen LogP contribution in [-0.4, -0.2) is 34.7 Å². The Morgan fingerprint density at radius 3 is 2.94 bits per heavy atom. The van der Waals surface area contributed by atoms with Gasteiger partial charge < -0.3 is 14.9 Å². The average molecular weight is 249 g/mol. The number of hydrogen-bond donors (Lipinski definition) is 2. The number of para-hydroxylation sites is 1. The standard InChI is InChI=1S/C13H15NO4/c15-11-4-2-1-3-9(11)7-10-8-18-12(14-10)5-6-13(16)17/h1-4,10,15H,5-8H2,(H,16,17). The van der Waals surface area contributed by atoms with Crippen LogP contribution in [0.1, 0.15) is 18.4 Å². The van der Waals surface area contributed by atoms with E-state index in [-0.39, 0.29) is 18.2 Å². The molecule has 2 rings (SSSR count). The molecule has 0 saturated carbocycles. The van der Waals surface area contributed by atoms with E-state index in [0.29, 0.717) is 25.3 Å². The fourth-order valence-corrected chi connectivity index (χ4v) is 1.86. The minimum Gasteiger partial charge on any atom is -0.508 e. The highest BCUT2D eigenvalue weighted by Crippen LogP contribution is 2.20. The SMILES string of the molecule is O=C(O)CCC1=NC(Cc2ccccc2O)CO1. The molecule has 0 aromatic heterocycles. The molecule has 1 aliphatic rings. The number of aliphatic carboxylic acids is 1. The van der Waals surface area contributed by atoms with Crippen LogP contribution in [0.25, 0.3) is 0 Å². The summed E-state index contributed by atoms with van der Waals surface area (Å²) in [4.78, 5) is 14.7. The van der Waals surface area contributed by atoms with E-state index in [0.717, 1.165) is 5.56 Å². The molecule has 0 spiro atoms. The minimum absolute atomic E-state index is 0.0299. The van der Waals surface area contributed by atoms with Gasteiger partial charge in [-0.15, -0.1) is 0 Å². The number of carboxylic acid groups (broad SMARTS) is 1. The lowest BCUT2D eigenvalue weighted by molar-refractivity contribution is -0.136. The first-order valence-electron chi connectivity index (χ1n) is 5.83. The van der Waals surface area contributed by atoms with Crippen LogP contribution in [0.4, 0.5) is 0 Å². The van der Waals surface area contributed by atoms with Crippen molar-refractivity contribution in [3.8, 4) is 5.75 Å². The van der Waals surface area contributed by atoms with Gasteiger partial charge in [0.25, 0.3) is 0 Å². The molecule has 1 heterocycles. The van der Waals surface area contributed by atoms with E-state index in [9.17, 15) is 9.90 Å². The molecule has 18 heavy (non-hydrogen) atoms. The summed E-state index contributed by atoms with van der Waals surface area (Å²) in [5.74, 6) is -0.102. The van der Waals surface area contributed by atoms with E-state index >= 15 is 0 Å². The summed E-state index contributed by atoms with van der Waals surface area (Å²) < 4.78 is 5.33. The highest BCUT2D eigenvalue weighted by molar-refractivity contribution is 5.81. The average Bonchev–Trinajstić information content (AvgIpc) is 2.77. The van der Waals surface area contributed by atoms with Crippen LogP contribution in [0.3, 0.4) is 0 Å². The highest BCUT2D eigenvalue weighted by Gasteiger charge is 2.20. The van der Waals surface area contributed by atoms with Crippen LogP contribution in [-0.2, 0) is 16.0 Å². The summed E-state index contributed by atoms with van der Waals surface area (Å²) in [6, 6.07) is 7.08. The van der Waals surface area contributed by atoms with Gasteiger partial charge in [-0.25, -0.2) is 4.99 Å². The second-order valence-corrected chi connectivity index (χ2v) is 4.21. The second kappa shape index (κ2) is 5.53. The van der Waals surface area contributed by atoms with Gasteiger partial charge in [0.05, 0.1) is 12.5 Å². The van der Waals surface area contributed by atoms with Crippen molar-refractivity contribution in [2.75, 3.05) is 6.61 Å². The van der Waals surface area contributed by atoms with Gasteiger partial charge in [0.15, 0.2) is 5.90 Å². The zero-order chi connectivity index (χ0) is 13.0. The quantitative estimate of drug-likeness (QED) is 0.830. The number of hydrogen-bond acceptors (Lipinski definition) is 4. The normalized spacial score (nSPS) is 18.2. The fraction of sp³-hybridized carbons (Fsp3) is 0.385. The largest absolute Gasteiger partial charge is 0.508 e. The fourth-order valence-electron chi connectivity index (χ4n) is 1.86. The van der Waals surface area contributed by atoms with Crippen LogP contribution in [0.2, 0.25) is 0 Å². The third-order valence-corrected chi connectivity index (χ3v) is 2.77. The number of nitrogens with zero attached hydrogens (tertiary/aromatic N) is 1. The first-order valence-corrected chi connectivity index (χ1v) is 5.83. The van der Waals surface area contributed by atoms with Gasteiger partial charge in [-0.05, 0) is 11.6 Å². The number of carboxylic acids is 1. The predicted molar refractivity (Wildman–Crippen MR) is 65.9 cm³/mol.